The summed E-state index contributed by atoms with van der Waals surface area (Å²) in [5.41, 5.74) is 2.48. The molecule has 2 heteroatoms. The molecule has 1 aliphatic carbocycles. The average molecular weight is 264 g/mol. The number of carbonyl (C=O) groups is 2. The van der Waals surface area contributed by atoms with E-state index in [1.165, 1.54) is 0 Å². The SMILES string of the molecule is CCC1=C(CC)C(=O)c2cc3ccccc3cc2C1=O. The van der Waals surface area contributed by atoms with Crippen LogP contribution in [0.15, 0.2) is 47.5 Å². The van der Waals surface area contributed by atoms with Crippen molar-refractivity contribution < 1.29 is 9.59 Å². The first kappa shape index (κ1) is 12.8. The highest BCUT2D eigenvalue weighted by Gasteiger charge is 2.30. The second-order valence-corrected chi connectivity index (χ2v) is 5.07. The summed E-state index contributed by atoms with van der Waals surface area (Å²) in [5, 5.41) is 2.01. The lowest BCUT2D eigenvalue weighted by molar-refractivity contribution is 0.0970. The van der Waals surface area contributed by atoms with Gasteiger partial charge >= 0.3 is 0 Å². The lowest BCUT2D eigenvalue weighted by atomic mass is 9.81. The molecule has 0 atom stereocenters. The fourth-order valence-electron chi connectivity index (χ4n) is 2.96. The van der Waals surface area contributed by atoms with Gasteiger partial charge in [0.15, 0.2) is 11.6 Å². The van der Waals surface area contributed by atoms with Crippen LogP contribution in [-0.4, -0.2) is 11.6 Å². The maximum Gasteiger partial charge on any atom is 0.190 e. The molecule has 2 aromatic rings. The molecular weight excluding hydrogens is 248 g/mol. The van der Waals surface area contributed by atoms with Gasteiger partial charge < -0.3 is 0 Å². The standard InChI is InChI=1S/C18H16O2/c1-3-13-14(4-2)18(20)16-10-12-8-6-5-7-11(12)9-15(16)17(13)19/h5-10H,3-4H2,1-2H3. The van der Waals surface area contributed by atoms with Crippen LogP contribution in [0, 0.1) is 0 Å². The lowest BCUT2D eigenvalue weighted by Crippen LogP contribution is -2.21. The summed E-state index contributed by atoms with van der Waals surface area (Å²) >= 11 is 0. The first-order valence-corrected chi connectivity index (χ1v) is 7.01. The molecule has 3 rings (SSSR count). The lowest BCUT2D eigenvalue weighted by Gasteiger charge is -2.20. The van der Waals surface area contributed by atoms with Crippen molar-refractivity contribution in [2.24, 2.45) is 0 Å². The number of allylic oxidation sites excluding steroid dienone is 2. The molecule has 1 aliphatic rings. The van der Waals surface area contributed by atoms with Crippen molar-refractivity contribution in [1.82, 2.24) is 0 Å². The van der Waals surface area contributed by atoms with Crippen molar-refractivity contribution in [2.45, 2.75) is 26.7 Å². The minimum absolute atomic E-state index is 0.0182. The molecule has 20 heavy (non-hydrogen) atoms. The maximum absolute atomic E-state index is 12.6. The molecule has 0 fully saturated rings. The van der Waals surface area contributed by atoms with Crippen LogP contribution in [0.1, 0.15) is 47.4 Å². The Balaban J connectivity index is 2.31. The van der Waals surface area contributed by atoms with Gasteiger partial charge in [0.25, 0.3) is 0 Å². The smallest absolute Gasteiger partial charge is 0.190 e. The molecule has 0 spiro atoms. The molecule has 0 N–H and O–H groups in total. The van der Waals surface area contributed by atoms with E-state index in [2.05, 4.69) is 0 Å². The van der Waals surface area contributed by atoms with E-state index in [0.717, 1.165) is 10.8 Å². The predicted molar refractivity (Wildman–Crippen MR) is 80.2 cm³/mol. The molecule has 100 valence electrons. The first-order chi connectivity index (χ1) is 9.67. The Bertz CT molecular complexity index is 702. The molecule has 0 bridgehead atoms. The van der Waals surface area contributed by atoms with Gasteiger partial charge in [0.05, 0.1) is 0 Å². The Hall–Kier alpha value is -2.22. The van der Waals surface area contributed by atoms with Crippen molar-refractivity contribution in [3.8, 4) is 0 Å². The maximum atomic E-state index is 12.6. The number of Topliss-reactive ketones (excluding diaryl/α,β-unsaturated/α-hetero) is 2. The zero-order valence-corrected chi connectivity index (χ0v) is 11.7. The van der Waals surface area contributed by atoms with E-state index in [4.69, 9.17) is 0 Å². The van der Waals surface area contributed by atoms with Gasteiger partial charge in [0.2, 0.25) is 0 Å². The Kier molecular flexibility index (Phi) is 3.01. The number of fused-ring (bicyclic) bond motifs is 2. The second-order valence-electron chi connectivity index (χ2n) is 5.07. The fraction of sp³-hybridized carbons (Fsp3) is 0.222. The number of rotatable bonds is 2. The molecule has 0 amide bonds. The average Bonchev–Trinajstić information content (AvgIpc) is 2.49. The van der Waals surface area contributed by atoms with Gasteiger partial charge in [0.1, 0.15) is 0 Å². The van der Waals surface area contributed by atoms with E-state index in [9.17, 15) is 9.59 Å². The van der Waals surface area contributed by atoms with Gasteiger partial charge in [-0.15, -0.1) is 0 Å². The second kappa shape index (κ2) is 4.71. The number of carbonyl (C=O) groups excluding carboxylic acids is 2. The third kappa shape index (κ3) is 1.72. The van der Waals surface area contributed by atoms with Crippen LogP contribution in [0.25, 0.3) is 10.8 Å². The highest BCUT2D eigenvalue weighted by atomic mass is 16.1. The highest BCUT2D eigenvalue weighted by molar-refractivity contribution is 6.28. The molecular formula is C18H16O2. The Morgan fingerprint density at radius 3 is 1.50 bits per heavy atom. The molecule has 0 saturated carbocycles. The Morgan fingerprint density at radius 2 is 1.15 bits per heavy atom. The number of benzene rings is 2. The van der Waals surface area contributed by atoms with Gasteiger partial charge in [-0.3, -0.25) is 9.59 Å². The summed E-state index contributed by atoms with van der Waals surface area (Å²) < 4.78 is 0. The molecule has 0 unspecified atom stereocenters. The normalized spacial score (nSPS) is 14.9. The van der Waals surface area contributed by atoms with Crippen LogP contribution in [0.5, 0.6) is 0 Å². The van der Waals surface area contributed by atoms with Gasteiger partial charge in [-0.05, 0) is 35.7 Å². The van der Waals surface area contributed by atoms with Gasteiger partial charge in [-0.2, -0.15) is 0 Å². The topological polar surface area (TPSA) is 34.1 Å². The highest BCUT2D eigenvalue weighted by Crippen LogP contribution is 2.32. The largest absolute Gasteiger partial charge is 0.289 e. The molecule has 0 saturated heterocycles. The Labute approximate surface area is 118 Å². The summed E-state index contributed by atoms with van der Waals surface area (Å²) in [5.74, 6) is 0.0365. The Morgan fingerprint density at radius 1 is 0.750 bits per heavy atom. The summed E-state index contributed by atoms with van der Waals surface area (Å²) in [4.78, 5) is 25.2. The van der Waals surface area contributed by atoms with Crippen LogP contribution in [0.2, 0.25) is 0 Å². The molecule has 2 nitrogen and oxygen atoms in total. The van der Waals surface area contributed by atoms with Crippen molar-refractivity contribution in [2.75, 3.05) is 0 Å². The van der Waals surface area contributed by atoms with Crippen LogP contribution in [-0.2, 0) is 0 Å². The van der Waals surface area contributed by atoms with E-state index < -0.39 is 0 Å². The minimum Gasteiger partial charge on any atom is -0.289 e. The number of ketones is 2. The van der Waals surface area contributed by atoms with E-state index in [1.54, 1.807) is 0 Å². The molecule has 2 aromatic carbocycles. The van der Waals surface area contributed by atoms with E-state index in [1.807, 2.05) is 50.2 Å². The predicted octanol–water partition coefficient (Wildman–Crippen LogP) is 4.34. The van der Waals surface area contributed by atoms with Crippen LogP contribution in [0.4, 0.5) is 0 Å². The summed E-state index contributed by atoms with van der Waals surface area (Å²) in [6.07, 6.45) is 1.22. The third-order valence-electron chi connectivity index (χ3n) is 3.99. The third-order valence-corrected chi connectivity index (χ3v) is 3.99. The van der Waals surface area contributed by atoms with Crippen LogP contribution in [0.3, 0.4) is 0 Å². The zero-order chi connectivity index (χ0) is 14.3. The van der Waals surface area contributed by atoms with E-state index in [0.29, 0.717) is 35.1 Å². The zero-order valence-electron chi connectivity index (χ0n) is 11.7. The molecule has 0 radical (unpaired) electrons. The molecule has 0 aromatic heterocycles. The fourth-order valence-corrected chi connectivity index (χ4v) is 2.96. The van der Waals surface area contributed by atoms with Gasteiger partial charge in [0, 0.05) is 22.3 Å². The summed E-state index contributed by atoms with van der Waals surface area (Å²) in [6.45, 7) is 3.87. The quantitative estimate of drug-likeness (QED) is 0.808. The van der Waals surface area contributed by atoms with Crippen molar-refractivity contribution in [3.05, 3.63) is 58.7 Å². The van der Waals surface area contributed by atoms with Crippen molar-refractivity contribution >= 4 is 22.3 Å². The van der Waals surface area contributed by atoms with Crippen molar-refractivity contribution in [1.29, 1.82) is 0 Å². The van der Waals surface area contributed by atoms with Gasteiger partial charge in [-0.25, -0.2) is 0 Å². The molecule has 0 aliphatic heterocycles. The monoisotopic (exact) mass is 264 g/mol. The number of hydrogen-bond donors (Lipinski definition) is 0. The van der Waals surface area contributed by atoms with Gasteiger partial charge in [-0.1, -0.05) is 38.1 Å². The van der Waals surface area contributed by atoms with E-state index in [-0.39, 0.29) is 11.6 Å². The number of hydrogen-bond acceptors (Lipinski definition) is 2. The van der Waals surface area contributed by atoms with Crippen molar-refractivity contribution in [3.63, 3.8) is 0 Å². The minimum atomic E-state index is 0.0182. The molecule has 0 heterocycles. The summed E-state index contributed by atoms with van der Waals surface area (Å²) in [6, 6.07) is 11.5. The van der Waals surface area contributed by atoms with Crippen LogP contribution < -0.4 is 0 Å². The summed E-state index contributed by atoms with van der Waals surface area (Å²) in [7, 11) is 0. The first-order valence-electron chi connectivity index (χ1n) is 7.01. The van der Waals surface area contributed by atoms with Crippen LogP contribution >= 0.6 is 0 Å². The van der Waals surface area contributed by atoms with E-state index >= 15 is 0 Å².